The zero-order valence-electron chi connectivity index (χ0n) is 13.1. The molecule has 5 heteroatoms. The van der Waals surface area contributed by atoms with Gasteiger partial charge in [0.25, 0.3) is 5.91 Å². The Kier molecular flexibility index (Phi) is 4.24. The lowest BCUT2D eigenvalue weighted by molar-refractivity contribution is 0.0708. The van der Waals surface area contributed by atoms with E-state index < -0.39 is 0 Å². The summed E-state index contributed by atoms with van der Waals surface area (Å²) in [7, 11) is 0. The molecule has 1 atom stereocenters. The van der Waals surface area contributed by atoms with E-state index in [9.17, 15) is 4.79 Å². The first-order valence-electron chi connectivity index (χ1n) is 7.85. The fourth-order valence-corrected chi connectivity index (χ4v) is 2.97. The highest BCUT2D eigenvalue weighted by Crippen LogP contribution is 2.18. The van der Waals surface area contributed by atoms with E-state index in [0.29, 0.717) is 6.04 Å². The maximum Gasteiger partial charge on any atom is 0.257 e. The van der Waals surface area contributed by atoms with Gasteiger partial charge in [-0.1, -0.05) is 25.1 Å². The number of piperazine rings is 1. The first kappa shape index (κ1) is 14.8. The van der Waals surface area contributed by atoms with Crippen molar-refractivity contribution in [1.82, 2.24) is 20.0 Å². The maximum atomic E-state index is 12.8. The molecule has 1 saturated heterocycles. The largest absolute Gasteiger partial charge is 0.336 e. The molecule has 0 bridgehead atoms. The Morgan fingerprint density at radius 3 is 2.82 bits per heavy atom. The zero-order chi connectivity index (χ0) is 15.5. The van der Waals surface area contributed by atoms with E-state index >= 15 is 0 Å². The molecule has 5 nitrogen and oxygen atoms in total. The third-order valence-electron chi connectivity index (χ3n) is 4.09. The van der Waals surface area contributed by atoms with Crippen LogP contribution >= 0.6 is 0 Å². The summed E-state index contributed by atoms with van der Waals surface area (Å²) in [5, 5.41) is 7.81. The fraction of sp³-hybridized carbons (Fsp3) is 0.412. The minimum Gasteiger partial charge on any atom is -0.336 e. The number of carbonyl (C=O) groups excluding carboxylic acids is 1. The second-order valence-electron chi connectivity index (χ2n) is 5.71. The molecule has 0 spiro atoms. The van der Waals surface area contributed by atoms with Crippen LogP contribution in [0.3, 0.4) is 0 Å². The quantitative estimate of drug-likeness (QED) is 0.941. The Morgan fingerprint density at radius 1 is 1.36 bits per heavy atom. The van der Waals surface area contributed by atoms with Crippen molar-refractivity contribution in [1.29, 1.82) is 0 Å². The van der Waals surface area contributed by atoms with Gasteiger partial charge in [-0.2, -0.15) is 5.10 Å². The summed E-state index contributed by atoms with van der Waals surface area (Å²) in [6, 6.07) is 10.3. The summed E-state index contributed by atoms with van der Waals surface area (Å²) in [6.45, 7) is 6.52. The van der Waals surface area contributed by atoms with Gasteiger partial charge in [0.15, 0.2) is 0 Å². The molecule has 1 aromatic carbocycles. The van der Waals surface area contributed by atoms with Gasteiger partial charge < -0.3 is 10.2 Å². The van der Waals surface area contributed by atoms with Gasteiger partial charge in [-0.15, -0.1) is 0 Å². The lowest BCUT2D eigenvalue weighted by Gasteiger charge is -2.31. The summed E-state index contributed by atoms with van der Waals surface area (Å²) in [5.41, 5.74) is 2.69. The summed E-state index contributed by atoms with van der Waals surface area (Å²) in [5.74, 6) is 0.0902. The summed E-state index contributed by atoms with van der Waals surface area (Å²) >= 11 is 0. The van der Waals surface area contributed by atoms with Gasteiger partial charge in [0.1, 0.15) is 0 Å². The van der Waals surface area contributed by atoms with Gasteiger partial charge in [0, 0.05) is 25.7 Å². The van der Waals surface area contributed by atoms with E-state index in [0.717, 1.165) is 43.0 Å². The number of carbonyl (C=O) groups is 1. The maximum absolute atomic E-state index is 12.8. The van der Waals surface area contributed by atoms with Gasteiger partial charge >= 0.3 is 0 Å². The topological polar surface area (TPSA) is 50.2 Å². The molecule has 1 N–H and O–H groups in total. The fourth-order valence-electron chi connectivity index (χ4n) is 2.97. The molecule has 1 aliphatic heterocycles. The number of rotatable bonds is 3. The molecule has 3 rings (SSSR count). The number of hydrogen-bond donors (Lipinski definition) is 1. The Bertz CT molecular complexity index is 650. The van der Waals surface area contributed by atoms with Crippen LogP contribution in [0, 0.1) is 0 Å². The molecule has 0 saturated carbocycles. The number of nitrogens with one attached hydrogen (secondary N) is 1. The van der Waals surface area contributed by atoms with Crippen LogP contribution in [-0.4, -0.2) is 46.3 Å². The van der Waals surface area contributed by atoms with Crippen LogP contribution in [0.5, 0.6) is 0 Å². The molecule has 2 heterocycles. The molecule has 2 aromatic rings. The van der Waals surface area contributed by atoms with Crippen molar-refractivity contribution in [2.24, 2.45) is 0 Å². The number of benzene rings is 1. The first-order valence-corrected chi connectivity index (χ1v) is 7.85. The number of aromatic nitrogens is 2. The first-order chi connectivity index (χ1) is 10.7. The van der Waals surface area contributed by atoms with Gasteiger partial charge in [0.05, 0.1) is 23.1 Å². The standard InChI is InChI=1S/C17H22N4O/c1-3-16-15(17(22)20-10-9-18-13(2)12-20)11-19-21(16)14-7-5-4-6-8-14/h4-8,11,13,18H,3,9-10,12H2,1-2H3. The Morgan fingerprint density at radius 2 is 2.14 bits per heavy atom. The average Bonchev–Trinajstić information content (AvgIpc) is 2.98. The van der Waals surface area contributed by atoms with Crippen molar-refractivity contribution < 1.29 is 4.79 Å². The third-order valence-corrected chi connectivity index (χ3v) is 4.09. The molecule has 22 heavy (non-hydrogen) atoms. The lowest BCUT2D eigenvalue weighted by atomic mass is 10.1. The summed E-state index contributed by atoms with van der Waals surface area (Å²) in [6.07, 6.45) is 2.48. The monoisotopic (exact) mass is 298 g/mol. The highest BCUT2D eigenvalue weighted by atomic mass is 16.2. The van der Waals surface area contributed by atoms with Gasteiger partial charge in [0.2, 0.25) is 0 Å². The van der Waals surface area contributed by atoms with Crippen LogP contribution in [-0.2, 0) is 6.42 Å². The molecule has 1 amide bonds. The van der Waals surface area contributed by atoms with E-state index in [-0.39, 0.29) is 5.91 Å². The average molecular weight is 298 g/mol. The van der Waals surface area contributed by atoms with Crippen molar-refractivity contribution in [3.05, 3.63) is 47.8 Å². The molecule has 1 unspecified atom stereocenters. The minimum atomic E-state index is 0.0902. The minimum absolute atomic E-state index is 0.0902. The van der Waals surface area contributed by atoms with Crippen molar-refractivity contribution in [3.63, 3.8) is 0 Å². The Balaban J connectivity index is 1.91. The predicted molar refractivity (Wildman–Crippen MR) is 86.3 cm³/mol. The second kappa shape index (κ2) is 6.32. The zero-order valence-corrected chi connectivity index (χ0v) is 13.1. The van der Waals surface area contributed by atoms with Crippen molar-refractivity contribution in [2.75, 3.05) is 19.6 Å². The molecule has 116 valence electrons. The van der Waals surface area contributed by atoms with Crippen LogP contribution in [0.4, 0.5) is 0 Å². The SMILES string of the molecule is CCc1c(C(=O)N2CCNC(C)C2)cnn1-c1ccccc1. The van der Waals surface area contributed by atoms with Gasteiger partial charge in [-0.3, -0.25) is 4.79 Å². The van der Waals surface area contributed by atoms with E-state index in [1.807, 2.05) is 39.9 Å². The van der Waals surface area contributed by atoms with Crippen LogP contribution < -0.4 is 5.32 Å². The second-order valence-corrected chi connectivity index (χ2v) is 5.71. The third kappa shape index (κ3) is 2.76. The number of hydrogen-bond acceptors (Lipinski definition) is 3. The predicted octanol–water partition coefficient (Wildman–Crippen LogP) is 1.87. The van der Waals surface area contributed by atoms with E-state index in [1.165, 1.54) is 0 Å². The van der Waals surface area contributed by atoms with Gasteiger partial charge in [-0.25, -0.2) is 4.68 Å². The van der Waals surface area contributed by atoms with E-state index in [2.05, 4.69) is 24.3 Å². The van der Waals surface area contributed by atoms with Crippen molar-refractivity contribution >= 4 is 5.91 Å². The Labute approximate surface area is 130 Å². The lowest BCUT2D eigenvalue weighted by Crippen LogP contribution is -2.51. The summed E-state index contributed by atoms with van der Waals surface area (Å²) in [4.78, 5) is 14.7. The number of amides is 1. The van der Waals surface area contributed by atoms with E-state index in [1.54, 1.807) is 6.20 Å². The van der Waals surface area contributed by atoms with Crippen molar-refractivity contribution in [2.45, 2.75) is 26.3 Å². The van der Waals surface area contributed by atoms with Gasteiger partial charge in [-0.05, 0) is 25.5 Å². The van der Waals surface area contributed by atoms with Crippen LogP contribution in [0.25, 0.3) is 5.69 Å². The van der Waals surface area contributed by atoms with E-state index in [4.69, 9.17) is 0 Å². The number of para-hydroxylation sites is 1. The van der Waals surface area contributed by atoms with Crippen LogP contribution in [0.1, 0.15) is 29.9 Å². The molecule has 0 radical (unpaired) electrons. The highest BCUT2D eigenvalue weighted by Gasteiger charge is 2.25. The molecular weight excluding hydrogens is 276 g/mol. The molecule has 1 aromatic heterocycles. The number of nitrogens with zero attached hydrogens (tertiary/aromatic N) is 3. The molecular formula is C17H22N4O. The van der Waals surface area contributed by atoms with Crippen LogP contribution in [0.2, 0.25) is 0 Å². The smallest absolute Gasteiger partial charge is 0.257 e. The van der Waals surface area contributed by atoms with Crippen molar-refractivity contribution in [3.8, 4) is 5.69 Å². The molecule has 1 fully saturated rings. The van der Waals surface area contributed by atoms with Crippen LogP contribution in [0.15, 0.2) is 36.5 Å². The summed E-state index contributed by atoms with van der Waals surface area (Å²) < 4.78 is 1.87. The molecule has 1 aliphatic rings. The highest BCUT2D eigenvalue weighted by molar-refractivity contribution is 5.95. The Hall–Kier alpha value is -2.14. The normalized spacial score (nSPS) is 18.5. The molecule has 0 aliphatic carbocycles.